The third-order valence-corrected chi connectivity index (χ3v) is 4.48. The zero-order valence-corrected chi connectivity index (χ0v) is 17.1. The second-order valence-corrected chi connectivity index (χ2v) is 6.80. The maximum atomic E-state index is 12.2. The van der Waals surface area contributed by atoms with E-state index < -0.39 is 12.0 Å². The molecule has 31 heavy (non-hydrogen) atoms. The van der Waals surface area contributed by atoms with E-state index >= 15 is 0 Å². The summed E-state index contributed by atoms with van der Waals surface area (Å²) >= 11 is 0. The number of aryl methyl sites for hydroxylation is 1. The second kappa shape index (κ2) is 10.6. The van der Waals surface area contributed by atoms with E-state index in [1.807, 2.05) is 49.4 Å². The third kappa shape index (κ3) is 6.71. The Labute approximate surface area is 180 Å². The number of hydrogen-bond acceptors (Lipinski definition) is 4. The van der Waals surface area contributed by atoms with Gasteiger partial charge in [0.2, 0.25) is 0 Å². The van der Waals surface area contributed by atoms with Gasteiger partial charge in [0.05, 0.1) is 5.56 Å². The Balaban J connectivity index is 1.43. The van der Waals surface area contributed by atoms with Gasteiger partial charge in [-0.05, 0) is 54.4 Å². The van der Waals surface area contributed by atoms with Crippen LogP contribution in [0.4, 0.5) is 16.2 Å². The predicted octanol–water partition coefficient (Wildman–Crippen LogP) is 4.11. The Kier molecular flexibility index (Phi) is 7.37. The summed E-state index contributed by atoms with van der Waals surface area (Å²) in [5.41, 5.74) is 3.54. The Morgan fingerprint density at radius 1 is 0.774 bits per heavy atom. The first-order valence-corrected chi connectivity index (χ1v) is 9.73. The highest BCUT2D eigenvalue weighted by molar-refractivity contribution is 6.00. The maximum absolute atomic E-state index is 12.2. The highest BCUT2D eigenvalue weighted by Crippen LogP contribution is 2.12. The van der Waals surface area contributed by atoms with Gasteiger partial charge in [-0.1, -0.05) is 42.5 Å². The molecule has 0 heterocycles. The zero-order valence-electron chi connectivity index (χ0n) is 17.1. The van der Waals surface area contributed by atoms with Crippen molar-refractivity contribution >= 4 is 29.3 Å². The van der Waals surface area contributed by atoms with E-state index in [9.17, 15) is 14.4 Å². The molecule has 3 rings (SSSR count). The Bertz CT molecular complexity index is 1050. The van der Waals surface area contributed by atoms with Crippen molar-refractivity contribution in [3.63, 3.8) is 0 Å². The molecule has 0 bridgehead atoms. The number of esters is 1. The van der Waals surface area contributed by atoms with Gasteiger partial charge in [0.1, 0.15) is 0 Å². The van der Waals surface area contributed by atoms with Crippen LogP contribution >= 0.6 is 0 Å². The number of ether oxygens (including phenoxy) is 1. The molecule has 0 saturated carbocycles. The minimum Gasteiger partial charge on any atom is -0.452 e. The van der Waals surface area contributed by atoms with Crippen LogP contribution in [0.25, 0.3) is 0 Å². The van der Waals surface area contributed by atoms with Crippen LogP contribution in [0.2, 0.25) is 0 Å². The molecule has 0 atom stereocenters. The number of rotatable bonds is 7. The van der Waals surface area contributed by atoms with Crippen LogP contribution in [-0.4, -0.2) is 24.5 Å². The Morgan fingerprint density at radius 2 is 1.39 bits per heavy atom. The van der Waals surface area contributed by atoms with Gasteiger partial charge in [-0.25, -0.2) is 9.59 Å². The average Bonchev–Trinajstić information content (AvgIpc) is 2.78. The third-order valence-electron chi connectivity index (χ3n) is 4.48. The molecule has 0 spiro atoms. The molecule has 3 aromatic rings. The fourth-order valence-electron chi connectivity index (χ4n) is 2.77. The van der Waals surface area contributed by atoms with Gasteiger partial charge in [-0.2, -0.15) is 0 Å². The molecular weight excluding hydrogens is 394 g/mol. The predicted molar refractivity (Wildman–Crippen MR) is 119 cm³/mol. The van der Waals surface area contributed by atoms with Crippen LogP contribution in [0.3, 0.4) is 0 Å². The lowest BCUT2D eigenvalue weighted by Crippen LogP contribution is -2.28. The van der Waals surface area contributed by atoms with Gasteiger partial charge in [0.25, 0.3) is 5.91 Å². The maximum Gasteiger partial charge on any atom is 0.338 e. The van der Waals surface area contributed by atoms with Gasteiger partial charge in [-0.15, -0.1) is 0 Å². The highest BCUT2D eigenvalue weighted by atomic mass is 16.5. The van der Waals surface area contributed by atoms with Gasteiger partial charge in [-0.3, -0.25) is 4.79 Å². The number of anilines is 2. The first kappa shape index (κ1) is 21.6. The van der Waals surface area contributed by atoms with Crippen LogP contribution in [0.15, 0.2) is 78.9 Å². The molecule has 3 aromatic carbocycles. The topological polar surface area (TPSA) is 96.5 Å². The summed E-state index contributed by atoms with van der Waals surface area (Å²) in [6.07, 6.45) is 0. The van der Waals surface area contributed by atoms with E-state index in [0.717, 1.165) is 11.1 Å². The molecule has 0 aliphatic rings. The number of nitrogens with one attached hydrogen (secondary N) is 3. The standard InChI is InChI=1S/C24H23N3O4/c1-17-7-5-6-8-19(17)15-25-22(28)16-31-23(29)18-11-13-21(14-12-18)27-24(30)26-20-9-3-2-4-10-20/h2-14H,15-16H2,1H3,(H,25,28)(H2,26,27,30). The minimum absolute atomic E-state index is 0.278. The molecule has 0 radical (unpaired) electrons. The quantitative estimate of drug-likeness (QED) is 0.504. The molecule has 0 aliphatic carbocycles. The molecule has 3 N–H and O–H groups in total. The van der Waals surface area contributed by atoms with E-state index in [1.165, 1.54) is 12.1 Å². The Hall–Kier alpha value is -4.13. The van der Waals surface area contributed by atoms with Crippen molar-refractivity contribution in [3.8, 4) is 0 Å². The van der Waals surface area contributed by atoms with Gasteiger partial charge in [0.15, 0.2) is 6.61 Å². The summed E-state index contributed by atoms with van der Waals surface area (Å²) < 4.78 is 5.06. The lowest BCUT2D eigenvalue weighted by molar-refractivity contribution is -0.124. The lowest BCUT2D eigenvalue weighted by Gasteiger charge is -2.09. The van der Waals surface area contributed by atoms with Crippen LogP contribution in [0.5, 0.6) is 0 Å². The summed E-state index contributed by atoms with van der Waals surface area (Å²) in [5.74, 6) is -1.00. The summed E-state index contributed by atoms with van der Waals surface area (Å²) in [6, 6.07) is 22.6. The largest absolute Gasteiger partial charge is 0.452 e. The van der Waals surface area contributed by atoms with Crippen LogP contribution in [-0.2, 0) is 16.1 Å². The summed E-state index contributed by atoms with van der Waals surface area (Å²) in [7, 11) is 0. The number of para-hydroxylation sites is 1. The number of carbonyl (C=O) groups is 3. The Morgan fingerprint density at radius 3 is 2.06 bits per heavy atom. The number of urea groups is 1. The molecule has 0 unspecified atom stereocenters. The number of benzene rings is 3. The molecule has 0 aliphatic heterocycles. The van der Waals surface area contributed by atoms with Crippen molar-refractivity contribution in [3.05, 3.63) is 95.6 Å². The number of hydrogen-bond donors (Lipinski definition) is 3. The van der Waals surface area contributed by atoms with E-state index in [-0.39, 0.29) is 18.1 Å². The van der Waals surface area contributed by atoms with Gasteiger partial charge >= 0.3 is 12.0 Å². The average molecular weight is 417 g/mol. The summed E-state index contributed by atoms with van der Waals surface area (Å²) in [4.78, 5) is 36.1. The van der Waals surface area contributed by atoms with Crippen molar-refractivity contribution in [1.82, 2.24) is 5.32 Å². The van der Waals surface area contributed by atoms with E-state index in [0.29, 0.717) is 17.9 Å². The first-order chi connectivity index (χ1) is 15.0. The van der Waals surface area contributed by atoms with Crippen LogP contribution in [0.1, 0.15) is 21.5 Å². The molecule has 3 amide bonds. The normalized spacial score (nSPS) is 10.1. The molecule has 0 saturated heterocycles. The van der Waals surface area contributed by atoms with Crippen molar-refractivity contribution < 1.29 is 19.1 Å². The van der Waals surface area contributed by atoms with Crippen molar-refractivity contribution in [2.45, 2.75) is 13.5 Å². The van der Waals surface area contributed by atoms with E-state index in [1.54, 1.807) is 24.3 Å². The van der Waals surface area contributed by atoms with Gasteiger partial charge < -0.3 is 20.7 Å². The van der Waals surface area contributed by atoms with E-state index in [2.05, 4.69) is 16.0 Å². The SMILES string of the molecule is Cc1ccccc1CNC(=O)COC(=O)c1ccc(NC(=O)Nc2ccccc2)cc1. The molecular formula is C24H23N3O4. The second-order valence-electron chi connectivity index (χ2n) is 6.80. The molecule has 0 aromatic heterocycles. The fraction of sp³-hybridized carbons (Fsp3) is 0.125. The fourth-order valence-corrected chi connectivity index (χ4v) is 2.77. The highest BCUT2D eigenvalue weighted by Gasteiger charge is 2.11. The van der Waals surface area contributed by atoms with Crippen LogP contribution in [0, 0.1) is 6.92 Å². The first-order valence-electron chi connectivity index (χ1n) is 9.73. The van der Waals surface area contributed by atoms with Crippen molar-refractivity contribution in [2.75, 3.05) is 17.2 Å². The number of amides is 3. The van der Waals surface area contributed by atoms with Crippen molar-refractivity contribution in [1.29, 1.82) is 0 Å². The van der Waals surface area contributed by atoms with Gasteiger partial charge in [0, 0.05) is 17.9 Å². The van der Waals surface area contributed by atoms with Crippen LogP contribution < -0.4 is 16.0 Å². The molecule has 158 valence electrons. The summed E-state index contributed by atoms with van der Waals surface area (Å²) in [6.45, 7) is 1.96. The van der Waals surface area contributed by atoms with Crippen molar-refractivity contribution in [2.24, 2.45) is 0 Å². The number of carbonyl (C=O) groups excluding carboxylic acids is 3. The molecule has 0 fully saturated rings. The van der Waals surface area contributed by atoms with E-state index in [4.69, 9.17) is 4.74 Å². The molecule has 7 nitrogen and oxygen atoms in total. The zero-order chi connectivity index (χ0) is 22.1. The molecule has 7 heteroatoms. The summed E-state index contributed by atoms with van der Waals surface area (Å²) in [5, 5.41) is 8.11. The lowest BCUT2D eigenvalue weighted by atomic mass is 10.1. The minimum atomic E-state index is -0.619. The monoisotopic (exact) mass is 417 g/mol. The smallest absolute Gasteiger partial charge is 0.338 e.